The van der Waals surface area contributed by atoms with Crippen LogP contribution in [0.4, 0.5) is 23.2 Å². The minimum Gasteiger partial charge on any atom is -0.370 e. The summed E-state index contributed by atoms with van der Waals surface area (Å²) in [4.78, 5) is 0. The van der Waals surface area contributed by atoms with Crippen molar-refractivity contribution in [3.8, 4) is 0 Å². The zero-order valence-electron chi connectivity index (χ0n) is 10.8. The summed E-state index contributed by atoms with van der Waals surface area (Å²) in [6.07, 6.45) is -3.70. The number of sulfonamides is 1. The lowest BCUT2D eigenvalue weighted by Crippen LogP contribution is -2.34. The van der Waals surface area contributed by atoms with Crippen LogP contribution in [-0.4, -0.2) is 40.6 Å². The number of ether oxygens (including phenoxy) is 1. The lowest BCUT2D eigenvalue weighted by atomic mass is 10.3. The molecule has 0 amide bonds. The van der Waals surface area contributed by atoms with E-state index in [0.717, 1.165) is 18.4 Å². The molecule has 0 saturated carbocycles. The predicted molar refractivity (Wildman–Crippen MR) is 70.5 cm³/mol. The van der Waals surface area contributed by atoms with E-state index >= 15 is 0 Å². The second kappa shape index (κ2) is 6.80. The molecule has 0 unspecified atom stereocenters. The van der Waals surface area contributed by atoms with Crippen LogP contribution < -0.4 is 4.31 Å². The molecule has 1 aromatic rings. The Hall–Kier alpha value is -1.06. The fourth-order valence-corrected chi connectivity index (χ4v) is 2.55. The third kappa shape index (κ3) is 6.06. The molecule has 1 aromatic carbocycles. The minimum absolute atomic E-state index is 0.0676. The van der Waals surface area contributed by atoms with Gasteiger partial charge in [-0.05, 0) is 18.2 Å². The Bertz CT molecular complexity index is 592. The molecule has 0 aliphatic carbocycles. The lowest BCUT2D eigenvalue weighted by molar-refractivity contribution is -0.173. The van der Waals surface area contributed by atoms with Gasteiger partial charge >= 0.3 is 6.18 Å². The molecular formula is C11H12ClF4NO3S. The van der Waals surface area contributed by atoms with Crippen molar-refractivity contribution < 1.29 is 30.7 Å². The van der Waals surface area contributed by atoms with Crippen LogP contribution in [-0.2, 0) is 14.8 Å². The number of alkyl halides is 3. The normalized spacial score (nSPS) is 12.5. The van der Waals surface area contributed by atoms with Gasteiger partial charge in [0.05, 0.1) is 25.1 Å². The van der Waals surface area contributed by atoms with Crippen molar-refractivity contribution >= 4 is 27.3 Å². The highest BCUT2D eigenvalue weighted by atomic mass is 35.5. The van der Waals surface area contributed by atoms with Crippen molar-refractivity contribution in [3.05, 3.63) is 29.0 Å². The fraction of sp³-hybridized carbons (Fsp3) is 0.455. The largest absolute Gasteiger partial charge is 0.411 e. The molecule has 0 aliphatic rings. The Labute approximate surface area is 124 Å². The molecule has 21 heavy (non-hydrogen) atoms. The van der Waals surface area contributed by atoms with Crippen molar-refractivity contribution in [3.63, 3.8) is 0 Å². The van der Waals surface area contributed by atoms with E-state index in [0.29, 0.717) is 4.31 Å². The highest BCUT2D eigenvalue weighted by Gasteiger charge is 2.28. The molecule has 0 aromatic heterocycles. The van der Waals surface area contributed by atoms with Gasteiger partial charge in [0.2, 0.25) is 10.0 Å². The first kappa shape index (κ1) is 18.0. The van der Waals surface area contributed by atoms with Crippen LogP contribution in [0.1, 0.15) is 0 Å². The van der Waals surface area contributed by atoms with E-state index in [9.17, 15) is 26.0 Å². The fourth-order valence-electron chi connectivity index (χ4n) is 1.48. The van der Waals surface area contributed by atoms with Crippen LogP contribution in [0, 0.1) is 5.82 Å². The first-order chi connectivity index (χ1) is 9.50. The van der Waals surface area contributed by atoms with E-state index in [1.54, 1.807) is 0 Å². The Morgan fingerprint density at radius 1 is 1.33 bits per heavy atom. The standard InChI is InChI=1S/C11H12ClF4NO3S/c1-21(18,19)17(4-5-20-7-11(14,15)16)10-3-2-8(12)6-9(10)13/h2-3,6H,4-5,7H2,1H3. The summed E-state index contributed by atoms with van der Waals surface area (Å²) in [7, 11) is -3.88. The number of benzene rings is 1. The van der Waals surface area contributed by atoms with Gasteiger partial charge in [-0.25, -0.2) is 12.8 Å². The molecule has 0 heterocycles. The zero-order chi connectivity index (χ0) is 16.3. The Morgan fingerprint density at radius 2 is 1.95 bits per heavy atom. The van der Waals surface area contributed by atoms with Gasteiger partial charge < -0.3 is 4.74 Å². The molecule has 0 atom stereocenters. The van der Waals surface area contributed by atoms with Crippen LogP contribution in [0.15, 0.2) is 18.2 Å². The summed E-state index contributed by atoms with van der Waals surface area (Å²) in [6, 6.07) is 3.31. The molecule has 0 aliphatic heterocycles. The summed E-state index contributed by atoms with van der Waals surface area (Å²) >= 11 is 5.56. The number of rotatable bonds is 6. The van der Waals surface area contributed by atoms with Gasteiger partial charge in [0.15, 0.2) is 0 Å². The van der Waals surface area contributed by atoms with Gasteiger partial charge in [-0.1, -0.05) is 11.6 Å². The molecular weight excluding hydrogens is 338 g/mol. The molecule has 0 spiro atoms. The van der Waals surface area contributed by atoms with Crippen molar-refractivity contribution in [1.29, 1.82) is 0 Å². The van der Waals surface area contributed by atoms with Crippen LogP contribution in [0.5, 0.6) is 0 Å². The molecule has 0 saturated heterocycles. The second-order valence-electron chi connectivity index (χ2n) is 4.10. The van der Waals surface area contributed by atoms with Crippen LogP contribution in [0.2, 0.25) is 5.02 Å². The SMILES string of the molecule is CS(=O)(=O)N(CCOCC(F)(F)F)c1ccc(Cl)cc1F. The first-order valence-corrected chi connectivity index (χ1v) is 7.80. The van der Waals surface area contributed by atoms with E-state index in [1.165, 1.54) is 6.07 Å². The Balaban J connectivity index is 2.83. The second-order valence-corrected chi connectivity index (χ2v) is 6.44. The van der Waals surface area contributed by atoms with E-state index in [2.05, 4.69) is 4.74 Å². The predicted octanol–water partition coefficient (Wildman–Crippen LogP) is 2.82. The van der Waals surface area contributed by atoms with Gasteiger partial charge in [0.25, 0.3) is 0 Å². The number of halogens is 5. The number of anilines is 1. The van der Waals surface area contributed by atoms with Crippen LogP contribution >= 0.6 is 11.6 Å². The van der Waals surface area contributed by atoms with Crippen LogP contribution in [0.25, 0.3) is 0 Å². The third-order valence-corrected chi connectivity index (χ3v) is 3.70. The monoisotopic (exact) mass is 349 g/mol. The van der Waals surface area contributed by atoms with Crippen LogP contribution in [0.3, 0.4) is 0 Å². The van der Waals surface area contributed by atoms with E-state index in [1.807, 2.05) is 0 Å². The van der Waals surface area contributed by atoms with Gasteiger partial charge in [-0.15, -0.1) is 0 Å². The maximum absolute atomic E-state index is 13.7. The highest BCUT2D eigenvalue weighted by molar-refractivity contribution is 7.92. The lowest BCUT2D eigenvalue weighted by Gasteiger charge is -2.23. The summed E-state index contributed by atoms with van der Waals surface area (Å²) in [5, 5.41) is 0.0676. The van der Waals surface area contributed by atoms with E-state index in [-0.39, 0.29) is 10.7 Å². The van der Waals surface area contributed by atoms with Gasteiger partial charge in [0, 0.05) is 5.02 Å². The number of hydrogen-bond donors (Lipinski definition) is 0. The summed E-state index contributed by atoms with van der Waals surface area (Å²) in [6.45, 7) is -2.49. The molecule has 0 N–H and O–H groups in total. The molecule has 4 nitrogen and oxygen atoms in total. The first-order valence-electron chi connectivity index (χ1n) is 5.58. The van der Waals surface area contributed by atoms with Crippen molar-refractivity contribution in [1.82, 2.24) is 0 Å². The summed E-state index contributed by atoms with van der Waals surface area (Å²) < 4.78 is 77.6. The maximum Gasteiger partial charge on any atom is 0.411 e. The molecule has 0 fully saturated rings. The summed E-state index contributed by atoms with van der Waals surface area (Å²) in [5.74, 6) is -0.899. The smallest absolute Gasteiger partial charge is 0.370 e. The number of hydrogen-bond acceptors (Lipinski definition) is 3. The van der Waals surface area contributed by atoms with Crippen molar-refractivity contribution in [2.75, 3.05) is 30.3 Å². The molecule has 0 radical (unpaired) electrons. The summed E-state index contributed by atoms with van der Waals surface area (Å²) in [5.41, 5.74) is -0.308. The van der Waals surface area contributed by atoms with E-state index in [4.69, 9.17) is 11.6 Å². The average Bonchev–Trinajstić information content (AvgIpc) is 2.27. The Morgan fingerprint density at radius 3 is 2.43 bits per heavy atom. The minimum atomic E-state index is -4.51. The quantitative estimate of drug-likeness (QED) is 0.586. The van der Waals surface area contributed by atoms with E-state index < -0.39 is 41.8 Å². The van der Waals surface area contributed by atoms with Gasteiger partial charge in [0.1, 0.15) is 12.4 Å². The number of nitrogens with zero attached hydrogens (tertiary/aromatic N) is 1. The maximum atomic E-state index is 13.7. The molecule has 10 heteroatoms. The molecule has 0 bridgehead atoms. The zero-order valence-corrected chi connectivity index (χ0v) is 12.4. The van der Waals surface area contributed by atoms with Crippen molar-refractivity contribution in [2.45, 2.75) is 6.18 Å². The average molecular weight is 350 g/mol. The van der Waals surface area contributed by atoms with Gasteiger partial charge in [-0.2, -0.15) is 13.2 Å². The third-order valence-electron chi connectivity index (χ3n) is 2.28. The Kier molecular flexibility index (Phi) is 5.83. The topological polar surface area (TPSA) is 46.6 Å². The van der Waals surface area contributed by atoms with Crippen molar-refractivity contribution in [2.24, 2.45) is 0 Å². The molecule has 1 rings (SSSR count). The molecule has 120 valence electrons. The highest BCUT2D eigenvalue weighted by Crippen LogP contribution is 2.24. The van der Waals surface area contributed by atoms with Gasteiger partial charge in [-0.3, -0.25) is 4.31 Å².